The SMILES string of the molecule is CCCCCCCCCCCC/C=C/C[C@@H](O)C[C@@H](O)CO. The second-order valence-electron chi connectivity index (χ2n) is 6.40. The van der Waals surface area contributed by atoms with Gasteiger partial charge in [-0.05, 0) is 19.3 Å². The van der Waals surface area contributed by atoms with Crippen molar-refractivity contribution < 1.29 is 15.3 Å². The van der Waals surface area contributed by atoms with E-state index < -0.39 is 12.2 Å². The van der Waals surface area contributed by atoms with E-state index in [-0.39, 0.29) is 13.0 Å². The molecule has 0 unspecified atom stereocenters. The first-order valence-electron chi connectivity index (χ1n) is 9.32. The summed E-state index contributed by atoms with van der Waals surface area (Å²) >= 11 is 0. The van der Waals surface area contributed by atoms with Gasteiger partial charge in [-0.15, -0.1) is 0 Å². The number of hydrogen-bond acceptors (Lipinski definition) is 3. The molecule has 0 spiro atoms. The van der Waals surface area contributed by atoms with Crippen molar-refractivity contribution in [2.45, 2.75) is 103 Å². The Labute approximate surface area is 137 Å². The zero-order valence-electron chi connectivity index (χ0n) is 14.6. The van der Waals surface area contributed by atoms with Gasteiger partial charge in [-0.2, -0.15) is 0 Å². The minimum absolute atomic E-state index is 0.249. The van der Waals surface area contributed by atoms with Gasteiger partial charge in [-0.1, -0.05) is 76.9 Å². The second-order valence-corrected chi connectivity index (χ2v) is 6.40. The highest BCUT2D eigenvalue weighted by molar-refractivity contribution is 4.84. The van der Waals surface area contributed by atoms with Crippen LogP contribution in [0, 0.1) is 0 Å². The van der Waals surface area contributed by atoms with E-state index in [1.54, 1.807) is 0 Å². The lowest BCUT2D eigenvalue weighted by molar-refractivity contribution is 0.0428. The van der Waals surface area contributed by atoms with E-state index in [9.17, 15) is 10.2 Å². The third kappa shape index (κ3) is 16.0. The van der Waals surface area contributed by atoms with E-state index >= 15 is 0 Å². The summed E-state index contributed by atoms with van der Waals surface area (Å²) in [6, 6.07) is 0. The molecule has 3 heteroatoms. The summed E-state index contributed by atoms with van der Waals surface area (Å²) in [7, 11) is 0. The van der Waals surface area contributed by atoms with Gasteiger partial charge in [-0.3, -0.25) is 0 Å². The molecule has 0 aliphatic heterocycles. The van der Waals surface area contributed by atoms with Gasteiger partial charge in [0.15, 0.2) is 0 Å². The lowest BCUT2D eigenvalue weighted by Crippen LogP contribution is -2.20. The van der Waals surface area contributed by atoms with Crippen LogP contribution >= 0.6 is 0 Å². The zero-order chi connectivity index (χ0) is 16.5. The number of aliphatic hydroxyl groups is 3. The average Bonchev–Trinajstić information content (AvgIpc) is 2.51. The summed E-state index contributed by atoms with van der Waals surface area (Å²) < 4.78 is 0. The van der Waals surface area contributed by atoms with E-state index in [2.05, 4.69) is 13.0 Å². The first-order chi connectivity index (χ1) is 10.7. The molecule has 0 saturated heterocycles. The van der Waals surface area contributed by atoms with Crippen LogP contribution in [0.15, 0.2) is 12.2 Å². The molecule has 0 bridgehead atoms. The summed E-state index contributed by atoms with van der Waals surface area (Å²) in [5.41, 5.74) is 0. The molecule has 0 amide bonds. The predicted octanol–water partition coefficient (Wildman–Crippen LogP) is 4.35. The first kappa shape index (κ1) is 21.6. The summed E-state index contributed by atoms with van der Waals surface area (Å²) in [6.45, 7) is 1.98. The van der Waals surface area contributed by atoms with Crippen LogP contribution in [0.4, 0.5) is 0 Å². The topological polar surface area (TPSA) is 60.7 Å². The summed E-state index contributed by atoms with van der Waals surface area (Å²) in [5, 5.41) is 27.5. The van der Waals surface area contributed by atoms with Crippen molar-refractivity contribution in [1.82, 2.24) is 0 Å². The van der Waals surface area contributed by atoms with Crippen molar-refractivity contribution in [3.05, 3.63) is 12.2 Å². The van der Waals surface area contributed by atoms with Crippen molar-refractivity contribution >= 4 is 0 Å². The quantitative estimate of drug-likeness (QED) is 0.293. The predicted molar refractivity (Wildman–Crippen MR) is 93.9 cm³/mol. The Bertz CT molecular complexity index is 241. The molecule has 0 saturated carbocycles. The number of unbranched alkanes of at least 4 members (excludes halogenated alkanes) is 10. The fourth-order valence-electron chi connectivity index (χ4n) is 2.61. The minimum atomic E-state index is -0.801. The second kappa shape index (κ2) is 17.0. The normalized spacial score (nSPS) is 14.5. The average molecular weight is 315 g/mol. The van der Waals surface area contributed by atoms with Gasteiger partial charge in [0.2, 0.25) is 0 Å². The third-order valence-corrected chi connectivity index (χ3v) is 4.05. The molecule has 132 valence electrons. The molecule has 0 heterocycles. The molecule has 0 aliphatic carbocycles. The van der Waals surface area contributed by atoms with E-state index in [1.165, 1.54) is 64.2 Å². The maximum Gasteiger partial charge on any atom is 0.0795 e. The third-order valence-electron chi connectivity index (χ3n) is 4.05. The van der Waals surface area contributed by atoms with Gasteiger partial charge in [0.05, 0.1) is 18.8 Å². The standard InChI is InChI=1S/C19H38O3/c1-2-3-4-5-6-7-8-9-10-11-12-13-14-15-18(21)16-19(22)17-20/h13-14,18-22H,2-12,15-17H2,1H3/b14-13+/t18-,19-/m1/s1. The first-order valence-corrected chi connectivity index (χ1v) is 9.32. The van der Waals surface area contributed by atoms with Crippen molar-refractivity contribution in [2.24, 2.45) is 0 Å². The largest absolute Gasteiger partial charge is 0.394 e. The van der Waals surface area contributed by atoms with Gasteiger partial charge in [0.25, 0.3) is 0 Å². The Morgan fingerprint density at radius 3 is 1.82 bits per heavy atom. The molecule has 0 rings (SSSR count). The van der Waals surface area contributed by atoms with Crippen LogP contribution in [0.2, 0.25) is 0 Å². The number of rotatable bonds is 16. The Balaban J connectivity index is 3.23. The molecular weight excluding hydrogens is 276 g/mol. The van der Waals surface area contributed by atoms with Crippen molar-refractivity contribution in [1.29, 1.82) is 0 Å². The maximum absolute atomic E-state index is 9.61. The number of allylic oxidation sites excluding steroid dienone is 1. The van der Waals surface area contributed by atoms with Crippen LogP contribution in [0.5, 0.6) is 0 Å². The van der Waals surface area contributed by atoms with Crippen molar-refractivity contribution in [2.75, 3.05) is 6.61 Å². The van der Waals surface area contributed by atoms with Gasteiger partial charge in [0.1, 0.15) is 0 Å². The van der Waals surface area contributed by atoms with E-state index in [4.69, 9.17) is 5.11 Å². The van der Waals surface area contributed by atoms with Crippen LogP contribution in [0.3, 0.4) is 0 Å². The molecular formula is C19H38O3. The lowest BCUT2D eigenvalue weighted by Gasteiger charge is -2.11. The highest BCUT2D eigenvalue weighted by Gasteiger charge is 2.08. The molecule has 0 radical (unpaired) electrons. The molecule has 0 aromatic rings. The Kier molecular flexibility index (Phi) is 16.7. The van der Waals surface area contributed by atoms with Crippen LogP contribution in [-0.4, -0.2) is 34.1 Å². The Hall–Kier alpha value is -0.380. The fourth-order valence-corrected chi connectivity index (χ4v) is 2.61. The summed E-state index contributed by atoms with van der Waals surface area (Å²) in [6.07, 6.45) is 18.2. The molecule has 3 nitrogen and oxygen atoms in total. The molecule has 3 N–H and O–H groups in total. The number of hydrogen-bond donors (Lipinski definition) is 3. The van der Waals surface area contributed by atoms with Crippen LogP contribution < -0.4 is 0 Å². The van der Waals surface area contributed by atoms with Gasteiger partial charge in [0, 0.05) is 6.42 Å². The van der Waals surface area contributed by atoms with E-state index in [0.29, 0.717) is 6.42 Å². The smallest absolute Gasteiger partial charge is 0.0795 e. The van der Waals surface area contributed by atoms with Gasteiger partial charge < -0.3 is 15.3 Å². The summed E-state index contributed by atoms with van der Waals surface area (Å²) in [5.74, 6) is 0. The van der Waals surface area contributed by atoms with Crippen molar-refractivity contribution in [3.8, 4) is 0 Å². The molecule has 0 aliphatic rings. The highest BCUT2D eigenvalue weighted by Crippen LogP contribution is 2.11. The monoisotopic (exact) mass is 314 g/mol. The Morgan fingerprint density at radius 1 is 0.727 bits per heavy atom. The van der Waals surface area contributed by atoms with E-state index in [1.807, 2.05) is 6.08 Å². The minimum Gasteiger partial charge on any atom is -0.394 e. The molecule has 2 atom stereocenters. The summed E-state index contributed by atoms with van der Waals surface area (Å²) in [4.78, 5) is 0. The molecule has 0 aromatic heterocycles. The lowest BCUT2D eigenvalue weighted by atomic mass is 10.1. The number of aliphatic hydroxyl groups excluding tert-OH is 3. The van der Waals surface area contributed by atoms with Gasteiger partial charge >= 0.3 is 0 Å². The highest BCUT2D eigenvalue weighted by atomic mass is 16.3. The molecule has 0 aromatic carbocycles. The van der Waals surface area contributed by atoms with Crippen LogP contribution in [0.25, 0.3) is 0 Å². The van der Waals surface area contributed by atoms with Gasteiger partial charge in [-0.25, -0.2) is 0 Å². The Morgan fingerprint density at radius 2 is 1.27 bits per heavy atom. The zero-order valence-corrected chi connectivity index (χ0v) is 14.6. The van der Waals surface area contributed by atoms with E-state index in [0.717, 1.165) is 6.42 Å². The molecule has 22 heavy (non-hydrogen) atoms. The van der Waals surface area contributed by atoms with Crippen LogP contribution in [-0.2, 0) is 0 Å². The van der Waals surface area contributed by atoms with Crippen LogP contribution in [0.1, 0.15) is 90.4 Å². The maximum atomic E-state index is 9.61. The molecule has 0 fully saturated rings. The van der Waals surface area contributed by atoms with Crippen molar-refractivity contribution in [3.63, 3.8) is 0 Å². The fraction of sp³-hybridized carbons (Fsp3) is 0.895.